The number of carbonyl (C=O) groups excluding carboxylic acids is 1. The average molecular weight is 183 g/mol. The number of hydrazine groups is 1. The van der Waals surface area contributed by atoms with Gasteiger partial charge in [0.15, 0.2) is 0 Å². The standard InChI is InChI=1S/C9H17N3O/c1-3-9(13)12-6-4-5-8(7-12)11-10-2/h3,8,10-11H,1,4-7H2,2H3/t8-/m1/s1. The number of carbonyl (C=O) groups is 1. The second-order valence-corrected chi connectivity index (χ2v) is 3.22. The van der Waals surface area contributed by atoms with E-state index in [1.165, 1.54) is 6.08 Å². The van der Waals surface area contributed by atoms with Gasteiger partial charge in [-0.3, -0.25) is 15.6 Å². The van der Waals surface area contributed by atoms with Gasteiger partial charge in [-0.15, -0.1) is 0 Å². The molecule has 1 aliphatic heterocycles. The highest BCUT2D eigenvalue weighted by Gasteiger charge is 2.21. The van der Waals surface area contributed by atoms with E-state index in [1.54, 1.807) is 0 Å². The van der Waals surface area contributed by atoms with Gasteiger partial charge in [0.1, 0.15) is 0 Å². The molecule has 0 aromatic heterocycles. The number of hydrogen-bond donors (Lipinski definition) is 2. The monoisotopic (exact) mass is 183 g/mol. The summed E-state index contributed by atoms with van der Waals surface area (Å²) in [6, 6.07) is 0.364. The molecule has 0 aromatic carbocycles. The molecule has 1 aliphatic rings. The van der Waals surface area contributed by atoms with Crippen molar-refractivity contribution >= 4 is 5.91 Å². The molecule has 1 heterocycles. The fraction of sp³-hybridized carbons (Fsp3) is 0.667. The number of hydrogen-bond acceptors (Lipinski definition) is 3. The van der Waals surface area contributed by atoms with Gasteiger partial charge in [-0.2, -0.15) is 0 Å². The maximum Gasteiger partial charge on any atom is 0.246 e. The molecule has 1 rings (SSSR count). The number of nitrogens with zero attached hydrogens (tertiary/aromatic N) is 1. The minimum absolute atomic E-state index is 0.0302. The van der Waals surface area contributed by atoms with E-state index < -0.39 is 0 Å². The van der Waals surface area contributed by atoms with Crippen molar-refractivity contribution in [2.75, 3.05) is 20.1 Å². The SMILES string of the molecule is C=CC(=O)N1CCC[C@@H](NNC)C1. The first-order valence-corrected chi connectivity index (χ1v) is 4.61. The Kier molecular flexibility index (Phi) is 3.92. The maximum atomic E-state index is 11.3. The minimum atomic E-state index is 0.0302. The molecular weight excluding hydrogens is 166 g/mol. The van der Waals surface area contributed by atoms with Gasteiger partial charge in [0.25, 0.3) is 0 Å². The first-order valence-electron chi connectivity index (χ1n) is 4.61. The van der Waals surface area contributed by atoms with E-state index in [0.717, 1.165) is 25.9 Å². The first-order chi connectivity index (χ1) is 6.27. The lowest BCUT2D eigenvalue weighted by atomic mass is 10.1. The van der Waals surface area contributed by atoms with Crippen LogP contribution < -0.4 is 10.9 Å². The quantitative estimate of drug-likeness (QED) is 0.474. The summed E-state index contributed by atoms with van der Waals surface area (Å²) >= 11 is 0. The Morgan fingerprint density at radius 2 is 2.46 bits per heavy atom. The Hall–Kier alpha value is -0.870. The van der Waals surface area contributed by atoms with Gasteiger partial charge in [0, 0.05) is 19.1 Å². The molecular formula is C9H17N3O. The highest BCUT2D eigenvalue weighted by molar-refractivity contribution is 5.87. The van der Waals surface area contributed by atoms with Crippen LogP contribution >= 0.6 is 0 Å². The molecule has 0 unspecified atom stereocenters. The molecule has 0 bridgehead atoms. The van der Waals surface area contributed by atoms with Crippen molar-refractivity contribution in [3.05, 3.63) is 12.7 Å². The number of piperidine rings is 1. The number of rotatable bonds is 3. The van der Waals surface area contributed by atoms with Crippen molar-refractivity contribution in [2.45, 2.75) is 18.9 Å². The van der Waals surface area contributed by atoms with Gasteiger partial charge in [-0.1, -0.05) is 6.58 Å². The third kappa shape index (κ3) is 2.82. The van der Waals surface area contributed by atoms with Crippen LogP contribution in [0.15, 0.2) is 12.7 Å². The fourth-order valence-electron chi connectivity index (χ4n) is 1.63. The third-order valence-corrected chi connectivity index (χ3v) is 2.26. The molecule has 1 saturated heterocycles. The summed E-state index contributed by atoms with van der Waals surface area (Å²) in [7, 11) is 1.84. The minimum Gasteiger partial charge on any atom is -0.338 e. The molecule has 0 aromatic rings. The van der Waals surface area contributed by atoms with Crippen LogP contribution in [0.25, 0.3) is 0 Å². The Bertz CT molecular complexity index is 191. The average Bonchev–Trinajstić information content (AvgIpc) is 2.18. The highest BCUT2D eigenvalue weighted by Crippen LogP contribution is 2.09. The van der Waals surface area contributed by atoms with Gasteiger partial charge in [0.2, 0.25) is 5.91 Å². The van der Waals surface area contributed by atoms with Crippen LogP contribution in [0.4, 0.5) is 0 Å². The number of likely N-dealkylation sites (tertiary alicyclic amines) is 1. The Balaban J connectivity index is 2.41. The molecule has 0 spiro atoms. The smallest absolute Gasteiger partial charge is 0.246 e. The van der Waals surface area contributed by atoms with Gasteiger partial charge < -0.3 is 4.90 Å². The van der Waals surface area contributed by atoms with Crippen LogP contribution in [0.3, 0.4) is 0 Å². The summed E-state index contributed by atoms with van der Waals surface area (Å²) in [5.41, 5.74) is 6.02. The van der Waals surface area contributed by atoms with Crippen LogP contribution in [0.1, 0.15) is 12.8 Å². The molecule has 13 heavy (non-hydrogen) atoms. The normalized spacial score (nSPS) is 22.8. The second kappa shape index (κ2) is 4.99. The Labute approximate surface area is 79.0 Å². The molecule has 4 nitrogen and oxygen atoms in total. The zero-order valence-corrected chi connectivity index (χ0v) is 8.05. The summed E-state index contributed by atoms with van der Waals surface area (Å²) in [4.78, 5) is 13.1. The second-order valence-electron chi connectivity index (χ2n) is 3.22. The summed E-state index contributed by atoms with van der Waals surface area (Å²) < 4.78 is 0. The molecule has 1 amide bonds. The van der Waals surface area contributed by atoms with Crippen molar-refractivity contribution in [1.82, 2.24) is 15.8 Å². The lowest BCUT2D eigenvalue weighted by Gasteiger charge is -2.32. The van der Waals surface area contributed by atoms with E-state index in [2.05, 4.69) is 17.4 Å². The number of amides is 1. The van der Waals surface area contributed by atoms with Crippen LogP contribution in [-0.2, 0) is 4.79 Å². The zero-order valence-electron chi connectivity index (χ0n) is 8.05. The van der Waals surface area contributed by atoms with E-state index >= 15 is 0 Å². The van der Waals surface area contributed by atoms with E-state index in [-0.39, 0.29) is 5.91 Å². The molecule has 0 saturated carbocycles. The molecule has 1 atom stereocenters. The van der Waals surface area contributed by atoms with Crippen LogP contribution in [0, 0.1) is 0 Å². The van der Waals surface area contributed by atoms with Crippen LogP contribution in [-0.4, -0.2) is 37.0 Å². The summed E-state index contributed by atoms with van der Waals surface area (Å²) in [6.07, 6.45) is 3.54. The zero-order chi connectivity index (χ0) is 9.68. The van der Waals surface area contributed by atoms with Gasteiger partial charge in [-0.25, -0.2) is 0 Å². The van der Waals surface area contributed by atoms with E-state index in [1.807, 2.05) is 11.9 Å². The van der Waals surface area contributed by atoms with Crippen LogP contribution in [0.5, 0.6) is 0 Å². The summed E-state index contributed by atoms with van der Waals surface area (Å²) in [5, 5.41) is 0. The van der Waals surface area contributed by atoms with E-state index in [4.69, 9.17) is 0 Å². The first kappa shape index (κ1) is 10.2. The lowest BCUT2D eigenvalue weighted by molar-refractivity contribution is -0.127. The van der Waals surface area contributed by atoms with E-state index in [0.29, 0.717) is 6.04 Å². The van der Waals surface area contributed by atoms with Gasteiger partial charge >= 0.3 is 0 Å². The number of nitrogens with one attached hydrogen (secondary N) is 2. The van der Waals surface area contributed by atoms with Gasteiger partial charge in [0.05, 0.1) is 0 Å². The summed E-state index contributed by atoms with van der Waals surface area (Å²) in [5.74, 6) is 0.0302. The fourth-order valence-corrected chi connectivity index (χ4v) is 1.63. The molecule has 74 valence electrons. The Morgan fingerprint density at radius 1 is 1.69 bits per heavy atom. The topological polar surface area (TPSA) is 44.4 Å². The Morgan fingerprint density at radius 3 is 3.08 bits per heavy atom. The van der Waals surface area contributed by atoms with Gasteiger partial charge in [-0.05, 0) is 26.0 Å². The predicted octanol–water partition coefficient (Wildman–Crippen LogP) is -0.113. The highest BCUT2D eigenvalue weighted by atomic mass is 16.2. The predicted molar refractivity (Wildman–Crippen MR) is 52.0 cm³/mol. The molecule has 4 heteroatoms. The largest absolute Gasteiger partial charge is 0.338 e. The van der Waals surface area contributed by atoms with Crippen molar-refractivity contribution in [2.24, 2.45) is 0 Å². The van der Waals surface area contributed by atoms with E-state index in [9.17, 15) is 4.79 Å². The lowest BCUT2D eigenvalue weighted by Crippen LogP contribution is -2.50. The van der Waals surface area contributed by atoms with Crippen molar-refractivity contribution < 1.29 is 4.79 Å². The van der Waals surface area contributed by atoms with Crippen LogP contribution in [0.2, 0.25) is 0 Å². The third-order valence-electron chi connectivity index (χ3n) is 2.26. The molecule has 0 radical (unpaired) electrons. The molecule has 0 aliphatic carbocycles. The van der Waals surface area contributed by atoms with Crippen molar-refractivity contribution in [1.29, 1.82) is 0 Å². The molecule has 2 N–H and O–H groups in total. The maximum absolute atomic E-state index is 11.3. The molecule has 1 fully saturated rings. The van der Waals surface area contributed by atoms with Crippen molar-refractivity contribution in [3.63, 3.8) is 0 Å². The van der Waals surface area contributed by atoms with Crippen molar-refractivity contribution in [3.8, 4) is 0 Å². The summed E-state index contributed by atoms with van der Waals surface area (Å²) in [6.45, 7) is 5.10.